The molecule has 1 aromatic rings. The van der Waals surface area contributed by atoms with Crippen LogP contribution < -0.4 is 5.32 Å². The lowest BCUT2D eigenvalue weighted by atomic mass is 10.2. The van der Waals surface area contributed by atoms with Crippen molar-refractivity contribution in [3.05, 3.63) is 23.7 Å². The molecule has 0 aliphatic carbocycles. The molecule has 0 atom stereocenters. The molecule has 18 heavy (non-hydrogen) atoms. The second-order valence-corrected chi connectivity index (χ2v) is 3.42. The van der Waals surface area contributed by atoms with E-state index in [1.54, 1.807) is 0 Å². The molecule has 0 saturated carbocycles. The maximum Gasteiger partial charge on any atom is 0.411 e. The first kappa shape index (κ1) is 14.5. The van der Waals surface area contributed by atoms with Gasteiger partial charge in [0, 0.05) is 18.7 Å². The number of furan rings is 1. The molecule has 1 rings (SSSR count). The quantitative estimate of drug-likeness (QED) is 0.735. The van der Waals surface area contributed by atoms with Crippen LogP contribution in [0.4, 0.5) is 13.2 Å². The molecule has 0 spiro atoms. The summed E-state index contributed by atoms with van der Waals surface area (Å²) in [7, 11) is 0. The highest BCUT2D eigenvalue weighted by Crippen LogP contribution is 2.14. The van der Waals surface area contributed by atoms with Crippen LogP contribution in [0.2, 0.25) is 0 Å². The van der Waals surface area contributed by atoms with Crippen LogP contribution in [0.1, 0.15) is 16.1 Å². The van der Waals surface area contributed by atoms with Gasteiger partial charge in [-0.15, -0.1) is 0 Å². The largest absolute Gasteiger partial charge is 0.475 e. The minimum atomic E-state index is -4.33. The van der Waals surface area contributed by atoms with Gasteiger partial charge in [0.15, 0.2) is 0 Å². The summed E-state index contributed by atoms with van der Waals surface area (Å²) >= 11 is 0. The van der Waals surface area contributed by atoms with Crippen molar-refractivity contribution >= 4 is 5.97 Å². The van der Waals surface area contributed by atoms with Crippen molar-refractivity contribution in [1.82, 2.24) is 5.32 Å². The number of hydrogen-bond donors (Lipinski definition) is 2. The van der Waals surface area contributed by atoms with E-state index in [1.807, 2.05) is 0 Å². The molecule has 0 amide bonds. The average Bonchev–Trinajstić information content (AvgIpc) is 2.69. The van der Waals surface area contributed by atoms with E-state index in [9.17, 15) is 18.0 Å². The van der Waals surface area contributed by atoms with Gasteiger partial charge in [0.1, 0.15) is 6.61 Å². The molecular formula is C10H12F3NO4. The molecule has 0 aliphatic rings. The van der Waals surface area contributed by atoms with E-state index >= 15 is 0 Å². The number of halogens is 3. The van der Waals surface area contributed by atoms with E-state index < -0.39 is 18.8 Å². The normalized spacial score (nSPS) is 11.7. The lowest BCUT2D eigenvalue weighted by Crippen LogP contribution is -2.24. The summed E-state index contributed by atoms with van der Waals surface area (Å²) in [4.78, 5) is 10.7. The van der Waals surface area contributed by atoms with Crippen LogP contribution in [0.5, 0.6) is 0 Å². The number of carbonyl (C=O) groups is 1. The summed E-state index contributed by atoms with van der Waals surface area (Å²) in [5.41, 5.74) is 0.429. The molecule has 0 unspecified atom stereocenters. The van der Waals surface area contributed by atoms with E-state index in [4.69, 9.17) is 9.52 Å². The number of carboxylic acid groups (broad SMARTS) is 1. The van der Waals surface area contributed by atoms with Gasteiger partial charge in [0.2, 0.25) is 5.76 Å². The lowest BCUT2D eigenvalue weighted by molar-refractivity contribution is -0.173. The van der Waals surface area contributed by atoms with Crippen molar-refractivity contribution < 1.29 is 32.2 Å². The molecular weight excluding hydrogens is 255 g/mol. The zero-order valence-corrected chi connectivity index (χ0v) is 9.29. The zero-order valence-electron chi connectivity index (χ0n) is 9.29. The van der Waals surface area contributed by atoms with Gasteiger partial charge in [-0.3, -0.25) is 0 Å². The van der Waals surface area contributed by atoms with E-state index in [1.165, 1.54) is 12.3 Å². The monoisotopic (exact) mass is 267 g/mol. The van der Waals surface area contributed by atoms with Crippen molar-refractivity contribution in [3.8, 4) is 0 Å². The molecule has 8 heteroatoms. The molecule has 1 aromatic heterocycles. The first-order chi connectivity index (χ1) is 8.40. The Bertz CT molecular complexity index is 389. The topological polar surface area (TPSA) is 71.7 Å². The van der Waals surface area contributed by atoms with Crippen molar-refractivity contribution in [2.45, 2.75) is 12.7 Å². The number of nitrogens with one attached hydrogen (secondary N) is 1. The Kier molecular flexibility index (Phi) is 5.17. The third kappa shape index (κ3) is 5.19. The minimum Gasteiger partial charge on any atom is -0.475 e. The van der Waals surface area contributed by atoms with Crippen molar-refractivity contribution in [3.63, 3.8) is 0 Å². The first-order valence-corrected chi connectivity index (χ1v) is 5.05. The number of aromatic carboxylic acids is 1. The van der Waals surface area contributed by atoms with Crippen LogP contribution in [0.3, 0.4) is 0 Å². The highest BCUT2D eigenvalue weighted by molar-refractivity contribution is 5.86. The van der Waals surface area contributed by atoms with Gasteiger partial charge < -0.3 is 19.6 Å². The van der Waals surface area contributed by atoms with Gasteiger partial charge in [0.25, 0.3) is 0 Å². The predicted octanol–water partition coefficient (Wildman–Crippen LogP) is 1.65. The summed E-state index contributed by atoms with van der Waals surface area (Å²) in [6, 6.07) is 1.48. The Labute approximate surface area is 101 Å². The van der Waals surface area contributed by atoms with E-state index in [-0.39, 0.29) is 25.5 Å². The lowest BCUT2D eigenvalue weighted by Gasteiger charge is -2.08. The average molecular weight is 267 g/mol. The minimum absolute atomic E-state index is 0.111. The number of ether oxygens (including phenoxy) is 1. The molecule has 0 radical (unpaired) electrons. The van der Waals surface area contributed by atoms with Crippen LogP contribution in [-0.2, 0) is 11.3 Å². The van der Waals surface area contributed by atoms with Crippen molar-refractivity contribution in [2.75, 3.05) is 19.8 Å². The number of carboxylic acids is 1. The summed E-state index contributed by atoms with van der Waals surface area (Å²) in [6.45, 7) is -1.03. The Morgan fingerprint density at radius 1 is 1.50 bits per heavy atom. The second kappa shape index (κ2) is 6.41. The molecule has 2 N–H and O–H groups in total. The van der Waals surface area contributed by atoms with Crippen LogP contribution in [-0.4, -0.2) is 37.0 Å². The molecule has 102 valence electrons. The fourth-order valence-electron chi connectivity index (χ4n) is 1.22. The SMILES string of the molecule is O=C(O)c1occc1CNCCOCC(F)(F)F. The van der Waals surface area contributed by atoms with Gasteiger partial charge in [0.05, 0.1) is 12.9 Å². The second-order valence-electron chi connectivity index (χ2n) is 3.42. The van der Waals surface area contributed by atoms with Crippen molar-refractivity contribution in [2.24, 2.45) is 0 Å². The summed E-state index contributed by atoms with van der Waals surface area (Å²) < 4.78 is 44.2. The van der Waals surface area contributed by atoms with E-state index in [2.05, 4.69) is 10.1 Å². The third-order valence-electron chi connectivity index (χ3n) is 1.95. The third-order valence-corrected chi connectivity index (χ3v) is 1.95. The maximum atomic E-state index is 11.7. The smallest absolute Gasteiger partial charge is 0.411 e. The Morgan fingerprint density at radius 3 is 2.83 bits per heavy atom. The molecule has 0 aliphatic heterocycles. The summed E-state index contributed by atoms with van der Waals surface area (Å²) in [5.74, 6) is -1.37. The zero-order chi connectivity index (χ0) is 13.6. The van der Waals surface area contributed by atoms with Gasteiger partial charge in [-0.1, -0.05) is 0 Å². The molecule has 0 saturated heterocycles. The van der Waals surface area contributed by atoms with E-state index in [0.717, 1.165) is 0 Å². The standard InChI is InChI=1S/C10H12F3NO4/c11-10(12,13)6-17-4-2-14-5-7-1-3-18-8(7)9(15)16/h1,3,14H,2,4-6H2,(H,15,16). The van der Waals surface area contributed by atoms with Gasteiger partial charge in [-0.2, -0.15) is 13.2 Å². The predicted molar refractivity (Wildman–Crippen MR) is 54.2 cm³/mol. The fourth-order valence-corrected chi connectivity index (χ4v) is 1.22. The van der Waals surface area contributed by atoms with Crippen molar-refractivity contribution in [1.29, 1.82) is 0 Å². The van der Waals surface area contributed by atoms with Crippen LogP contribution in [0, 0.1) is 0 Å². The molecule has 1 heterocycles. The van der Waals surface area contributed by atoms with Gasteiger partial charge in [-0.25, -0.2) is 4.79 Å². The van der Waals surface area contributed by atoms with Crippen LogP contribution in [0.15, 0.2) is 16.7 Å². The highest BCUT2D eigenvalue weighted by Gasteiger charge is 2.27. The van der Waals surface area contributed by atoms with E-state index in [0.29, 0.717) is 5.56 Å². The Morgan fingerprint density at radius 2 is 2.22 bits per heavy atom. The number of alkyl halides is 3. The maximum absolute atomic E-state index is 11.7. The Hall–Kier alpha value is -1.54. The molecule has 5 nitrogen and oxygen atoms in total. The first-order valence-electron chi connectivity index (χ1n) is 5.05. The van der Waals surface area contributed by atoms with Gasteiger partial charge in [-0.05, 0) is 6.07 Å². The Balaban J connectivity index is 2.18. The summed E-state index contributed by atoms with van der Waals surface area (Å²) in [5, 5.41) is 11.5. The molecule has 0 bridgehead atoms. The number of rotatable bonds is 7. The van der Waals surface area contributed by atoms with Crippen LogP contribution in [0.25, 0.3) is 0 Å². The van der Waals surface area contributed by atoms with Crippen LogP contribution >= 0.6 is 0 Å². The molecule has 0 aromatic carbocycles. The highest BCUT2D eigenvalue weighted by atomic mass is 19.4. The summed E-state index contributed by atoms with van der Waals surface area (Å²) in [6.07, 6.45) is -3.10. The van der Waals surface area contributed by atoms with Gasteiger partial charge >= 0.3 is 12.1 Å². The fraction of sp³-hybridized carbons (Fsp3) is 0.500. The molecule has 0 fully saturated rings. The number of hydrogen-bond acceptors (Lipinski definition) is 4.